The summed E-state index contributed by atoms with van der Waals surface area (Å²) in [5.41, 5.74) is 8.49. The molecule has 4 aliphatic rings. The lowest BCUT2D eigenvalue weighted by Gasteiger charge is -2.35. The summed E-state index contributed by atoms with van der Waals surface area (Å²) in [6.07, 6.45) is 19.5. The van der Waals surface area contributed by atoms with Crippen LogP contribution in [-0.4, -0.2) is 37.5 Å². The fraction of sp³-hybridized carbons (Fsp3) is 0.483. The van der Waals surface area contributed by atoms with Crippen molar-refractivity contribution in [1.29, 1.82) is 0 Å². The number of anilines is 1. The zero-order valence-electron chi connectivity index (χ0n) is 19.8. The third-order valence-corrected chi connectivity index (χ3v) is 7.67. The molecule has 4 heteroatoms. The molecule has 4 nitrogen and oxygen atoms in total. The molecule has 33 heavy (non-hydrogen) atoms. The summed E-state index contributed by atoms with van der Waals surface area (Å²) in [5.74, 6) is 1.81. The number of dihydropyridines is 1. The molecule has 174 valence electrons. The predicted octanol–water partition coefficient (Wildman–Crippen LogP) is 6.43. The van der Waals surface area contributed by atoms with Gasteiger partial charge in [-0.05, 0) is 104 Å². The molecule has 0 aromatic heterocycles. The highest BCUT2D eigenvalue weighted by Gasteiger charge is 2.21. The van der Waals surface area contributed by atoms with Crippen LogP contribution in [0.3, 0.4) is 0 Å². The van der Waals surface area contributed by atoms with Gasteiger partial charge in [0.15, 0.2) is 6.73 Å². The van der Waals surface area contributed by atoms with Crippen LogP contribution >= 0.6 is 0 Å². The third kappa shape index (κ3) is 5.43. The molecule has 0 radical (unpaired) electrons. The van der Waals surface area contributed by atoms with E-state index >= 15 is 0 Å². The Morgan fingerprint density at radius 1 is 1.18 bits per heavy atom. The number of benzene rings is 1. The Kier molecular flexibility index (Phi) is 6.99. The molecule has 3 aliphatic heterocycles. The lowest BCUT2D eigenvalue weighted by atomic mass is 9.86. The SMILES string of the molecule is C=C(CCC1=C(C2=CC=NCC2)CCC=C1)N1CCC(CCc2ccc3c(c2)NCO3)CC1. The van der Waals surface area contributed by atoms with Gasteiger partial charge < -0.3 is 15.0 Å². The van der Waals surface area contributed by atoms with Crippen LogP contribution in [0.15, 0.2) is 70.4 Å². The van der Waals surface area contributed by atoms with E-state index in [-0.39, 0.29) is 0 Å². The summed E-state index contributed by atoms with van der Waals surface area (Å²) < 4.78 is 5.54. The summed E-state index contributed by atoms with van der Waals surface area (Å²) in [5, 5.41) is 3.30. The zero-order valence-corrected chi connectivity index (χ0v) is 19.8. The average Bonchev–Trinajstić information content (AvgIpc) is 3.35. The molecule has 1 N–H and O–H groups in total. The van der Waals surface area contributed by atoms with E-state index in [2.05, 4.69) is 58.2 Å². The van der Waals surface area contributed by atoms with Gasteiger partial charge in [-0.3, -0.25) is 4.99 Å². The Morgan fingerprint density at radius 3 is 2.94 bits per heavy atom. The zero-order chi connectivity index (χ0) is 22.5. The molecule has 0 amide bonds. The molecule has 1 fully saturated rings. The maximum Gasteiger partial charge on any atom is 0.159 e. The number of aryl methyl sites for hydroxylation is 1. The van der Waals surface area contributed by atoms with E-state index in [1.54, 1.807) is 5.57 Å². The number of aliphatic imine (C=N–C) groups is 1. The fourth-order valence-corrected chi connectivity index (χ4v) is 5.59. The van der Waals surface area contributed by atoms with Gasteiger partial charge in [0.25, 0.3) is 0 Å². The fourth-order valence-electron chi connectivity index (χ4n) is 5.59. The Bertz CT molecular complexity index is 992. The molecule has 3 heterocycles. The van der Waals surface area contributed by atoms with Crippen molar-refractivity contribution in [3.8, 4) is 5.75 Å². The second-order valence-corrected chi connectivity index (χ2v) is 9.77. The number of allylic oxidation sites excluding steroid dienone is 6. The van der Waals surface area contributed by atoms with Crippen LogP contribution in [0.2, 0.25) is 0 Å². The van der Waals surface area contributed by atoms with Crippen molar-refractivity contribution < 1.29 is 4.74 Å². The standard InChI is InChI=1S/C29H37N3O/c1-22(6-10-25-4-2-3-5-27(25)26-12-16-30-17-13-26)32-18-14-23(15-19-32)7-8-24-9-11-29-28(20-24)31-21-33-29/h2,4,9,11-12,16,20,23,31H,1,3,5-8,10,13-15,17-19,21H2. The van der Waals surface area contributed by atoms with E-state index in [1.807, 2.05) is 6.21 Å². The first-order valence-corrected chi connectivity index (χ1v) is 12.8. The molecule has 0 atom stereocenters. The number of hydrogen-bond acceptors (Lipinski definition) is 4. The summed E-state index contributed by atoms with van der Waals surface area (Å²) >= 11 is 0. The van der Waals surface area contributed by atoms with Gasteiger partial charge in [-0.25, -0.2) is 0 Å². The first-order chi connectivity index (χ1) is 16.3. The number of likely N-dealkylation sites (tertiary alicyclic amines) is 1. The number of nitrogens with zero attached hydrogens (tertiary/aromatic N) is 2. The first-order valence-electron chi connectivity index (χ1n) is 12.8. The molecule has 1 aromatic carbocycles. The minimum atomic E-state index is 0.600. The smallest absolute Gasteiger partial charge is 0.159 e. The summed E-state index contributed by atoms with van der Waals surface area (Å²) in [4.78, 5) is 6.91. The van der Waals surface area contributed by atoms with Crippen LogP contribution in [0, 0.1) is 5.92 Å². The van der Waals surface area contributed by atoms with E-state index in [1.165, 1.54) is 48.1 Å². The van der Waals surface area contributed by atoms with E-state index in [4.69, 9.17) is 4.74 Å². The maximum absolute atomic E-state index is 5.54. The lowest BCUT2D eigenvalue weighted by Crippen LogP contribution is -2.33. The first kappa shape index (κ1) is 22.1. The largest absolute Gasteiger partial charge is 0.471 e. The van der Waals surface area contributed by atoms with Crippen LogP contribution in [-0.2, 0) is 6.42 Å². The van der Waals surface area contributed by atoms with E-state index in [0.29, 0.717) is 6.73 Å². The quantitative estimate of drug-likeness (QED) is 0.503. The Morgan fingerprint density at radius 2 is 2.09 bits per heavy atom. The highest BCUT2D eigenvalue weighted by Crippen LogP contribution is 2.33. The Balaban J connectivity index is 1.08. The number of piperidine rings is 1. The number of rotatable bonds is 8. The highest BCUT2D eigenvalue weighted by molar-refractivity contribution is 5.75. The molecule has 0 bridgehead atoms. The molecule has 0 unspecified atom stereocenters. The van der Waals surface area contributed by atoms with Crippen LogP contribution in [0.5, 0.6) is 5.75 Å². The maximum atomic E-state index is 5.54. The van der Waals surface area contributed by atoms with Crippen molar-refractivity contribution in [3.05, 3.63) is 71.0 Å². The summed E-state index contributed by atoms with van der Waals surface area (Å²) in [6.45, 7) is 8.33. The van der Waals surface area contributed by atoms with Gasteiger partial charge in [-0.15, -0.1) is 0 Å². The topological polar surface area (TPSA) is 36.9 Å². The van der Waals surface area contributed by atoms with Crippen LogP contribution in [0.4, 0.5) is 5.69 Å². The van der Waals surface area contributed by atoms with Crippen molar-refractivity contribution in [1.82, 2.24) is 4.90 Å². The van der Waals surface area contributed by atoms with E-state index in [9.17, 15) is 0 Å². The second kappa shape index (κ2) is 10.5. The van der Waals surface area contributed by atoms with Crippen molar-refractivity contribution in [2.45, 2.75) is 57.8 Å². The summed E-state index contributed by atoms with van der Waals surface area (Å²) in [6, 6.07) is 6.60. The molecular weight excluding hydrogens is 406 g/mol. The van der Waals surface area contributed by atoms with Gasteiger partial charge in [0, 0.05) is 31.5 Å². The van der Waals surface area contributed by atoms with Crippen LogP contribution in [0.25, 0.3) is 0 Å². The predicted molar refractivity (Wildman–Crippen MR) is 138 cm³/mol. The molecule has 0 saturated carbocycles. The number of ether oxygens (including phenoxy) is 1. The van der Waals surface area contributed by atoms with Gasteiger partial charge in [-0.2, -0.15) is 0 Å². The minimum Gasteiger partial charge on any atom is -0.471 e. The van der Waals surface area contributed by atoms with Crippen LogP contribution in [0.1, 0.15) is 56.9 Å². The molecule has 1 saturated heterocycles. The van der Waals surface area contributed by atoms with Gasteiger partial charge in [0.2, 0.25) is 0 Å². The third-order valence-electron chi connectivity index (χ3n) is 7.67. The lowest BCUT2D eigenvalue weighted by molar-refractivity contribution is 0.214. The molecule has 1 aliphatic carbocycles. The van der Waals surface area contributed by atoms with Gasteiger partial charge in [0.05, 0.1) is 5.69 Å². The van der Waals surface area contributed by atoms with E-state index in [0.717, 1.165) is 69.1 Å². The monoisotopic (exact) mass is 443 g/mol. The normalized spacial score (nSPS) is 20.4. The van der Waals surface area contributed by atoms with Crippen LogP contribution < -0.4 is 10.1 Å². The molecule has 0 spiro atoms. The van der Waals surface area contributed by atoms with Gasteiger partial charge in [-0.1, -0.05) is 24.8 Å². The summed E-state index contributed by atoms with van der Waals surface area (Å²) in [7, 11) is 0. The van der Waals surface area contributed by atoms with Crippen molar-refractivity contribution >= 4 is 11.9 Å². The van der Waals surface area contributed by atoms with Crippen molar-refractivity contribution in [3.63, 3.8) is 0 Å². The van der Waals surface area contributed by atoms with Gasteiger partial charge in [0.1, 0.15) is 5.75 Å². The second-order valence-electron chi connectivity index (χ2n) is 9.77. The molecule has 5 rings (SSSR count). The molecule has 1 aromatic rings. The van der Waals surface area contributed by atoms with Gasteiger partial charge >= 0.3 is 0 Å². The highest BCUT2D eigenvalue weighted by atomic mass is 16.5. The average molecular weight is 444 g/mol. The Hall–Kier alpha value is -2.75. The van der Waals surface area contributed by atoms with Crippen molar-refractivity contribution in [2.24, 2.45) is 10.9 Å². The number of hydrogen-bond donors (Lipinski definition) is 1. The minimum absolute atomic E-state index is 0.600. The number of nitrogens with one attached hydrogen (secondary N) is 1. The molecular formula is C29H37N3O. The Labute approximate surface area is 198 Å². The van der Waals surface area contributed by atoms with E-state index < -0.39 is 0 Å². The van der Waals surface area contributed by atoms with Crippen molar-refractivity contribution in [2.75, 3.05) is 31.7 Å². The number of fused-ring (bicyclic) bond motifs is 1.